The van der Waals surface area contributed by atoms with Crippen LogP contribution in [0.2, 0.25) is 0 Å². The average Bonchev–Trinajstić information content (AvgIpc) is 2.11. The van der Waals surface area contributed by atoms with Crippen LogP contribution in [0, 0.1) is 0 Å². The van der Waals surface area contributed by atoms with Crippen molar-refractivity contribution in [2.24, 2.45) is 0 Å². The van der Waals surface area contributed by atoms with Crippen LogP contribution in [0.1, 0.15) is 20.8 Å². The monoisotopic (exact) mass is 324 g/mol. The van der Waals surface area contributed by atoms with Gasteiger partial charge in [-0.1, -0.05) is 27.5 Å². The highest BCUT2D eigenvalue weighted by atomic mass is 79.9. The first-order valence-electron chi connectivity index (χ1n) is 4.88. The molecule has 1 aliphatic heterocycles. The second-order valence-corrected chi connectivity index (χ2v) is 5.90. The van der Waals surface area contributed by atoms with E-state index in [-0.39, 0.29) is 11.6 Å². The third kappa shape index (κ3) is 3.07. The molecular weight excluding hydrogens is 311 g/mol. The van der Waals surface area contributed by atoms with Crippen LogP contribution in [-0.4, -0.2) is 32.2 Å². The lowest BCUT2D eigenvalue weighted by Gasteiger charge is -2.43. The van der Waals surface area contributed by atoms with E-state index in [1.165, 1.54) is 6.08 Å². The second kappa shape index (κ2) is 4.78. The Balaban J connectivity index is 3.24. The van der Waals surface area contributed by atoms with Crippen LogP contribution >= 0.6 is 27.5 Å². The summed E-state index contributed by atoms with van der Waals surface area (Å²) in [4.78, 5) is 12.3. The molecule has 17 heavy (non-hydrogen) atoms. The van der Waals surface area contributed by atoms with Gasteiger partial charge in [0.25, 0.3) is 0 Å². The fourth-order valence-electron chi connectivity index (χ4n) is 1.53. The first kappa shape index (κ1) is 14.2. The molecule has 0 saturated carbocycles. The van der Waals surface area contributed by atoms with E-state index in [1.54, 1.807) is 4.90 Å². The van der Waals surface area contributed by atoms with Gasteiger partial charge in [0.1, 0.15) is 5.50 Å². The van der Waals surface area contributed by atoms with Gasteiger partial charge in [-0.25, -0.2) is 4.79 Å². The van der Waals surface area contributed by atoms with E-state index in [9.17, 15) is 9.90 Å². The van der Waals surface area contributed by atoms with Gasteiger partial charge in [-0.05, 0) is 26.8 Å². The van der Waals surface area contributed by atoms with E-state index < -0.39 is 17.1 Å². The molecule has 0 spiro atoms. The van der Waals surface area contributed by atoms with Crippen molar-refractivity contribution in [1.29, 1.82) is 0 Å². The van der Waals surface area contributed by atoms with Crippen molar-refractivity contribution in [3.8, 4) is 0 Å². The summed E-state index contributed by atoms with van der Waals surface area (Å²) in [7, 11) is 0. The Morgan fingerprint density at radius 1 is 1.59 bits per heavy atom. The Hall–Kier alpha value is -0.880. The molecule has 1 aliphatic rings. The summed E-state index contributed by atoms with van der Waals surface area (Å²) in [6.45, 7) is 5.60. The Morgan fingerprint density at radius 3 is 2.53 bits per heavy atom. The number of halogens is 2. The zero-order valence-electron chi connectivity index (χ0n) is 9.66. The number of rotatable bonds is 1. The summed E-state index contributed by atoms with van der Waals surface area (Å²) in [6, 6.07) is 0. The lowest BCUT2D eigenvalue weighted by molar-refractivity contribution is 0.147. The van der Waals surface area contributed by atoms with Crippen LogP contribution in [0.15, 0.2) is 22.1 Å². The van der Waals surface area contributed by atoms with Gasteiger partial charge in [-0.2, -0.15) is 0 Å². The summed E-state index contributed by atoms with van der Waals surface area (Å²) in [5, 5.41) is 20.7. The van der Waals surface area contributed by atoms with E-state index in [1.807, 2.05) is 20.8 Å². The summed E-state index contributed by atoms with van der Waals surface area (Å²) in [5.74, 6) is -0.0979. The fourth-order valence-corrected chi connectivity index (χ4v) is 2.40. The number of nitrogens with zero attached hydrogens (tertiary/aromatic N) is 1. The molecule has 0 aromatic heterocycles. The van der Waals surface area contributed by atoms with Crippen LogP contribution in [0.3, 0.4) is 0 Å². The molecule has 96 valence electrons. The van der Waals surface area contributed by atoms with Gasteiger partial charge in [-0.3, -0.25) is 5.32 Å². The lowest BCUT2D eigenvalue weighted by Crippen LogP contribution is -2.51. The largest absolute Gasteiger partial charge is 0.504 e. The molecule has 1 unspecified atom stereocenters. The first-order valence-corrected chi connectivity index (χ1v) is 6.11. The highest BCUT2D eigenvalue weighted by Crippen LogP contribution is 2.35. The molecule has 0 saturated heterocycles. The van der Waals surface area contributed by atoms with Gasteiger partial charge in [0.2, 0.25) is 0 Å². The minimum Gasteiger partial charge on any atom is -0.504 e. The van der Waals surface area contributed by atoms with E-state index in [0.717, 1.165) is 0 Å². The van der Waals surface area contributed by atoms with Crippen LogP contribution in [0.4, 0.5) is 4.79 Å². The maximum atomic E-state index is 10.7. The van der Waals surface area contributed by atoms with Crippen molar-refractivity contribution in [3.63, 3.8) is 0 Å². The summed E-state index contributed by atoms with van der Waals surface area (Å²) in [6.07, 6.45) is 0.127. The van der Waals surface area contributed by atoms with Crippen LogP contribution < -0.4 is 5.32 Å². The maximum Gasteiger partial charge on any atom is 0.410 e. The van der Waals surface area contributed by atoms with Crippen LogP contribution in [0.5, 0.6) is 0 Å². The number of carboxylic acid groups (broad SMARTS) is 1. The van der Waals surface area contributed by atoms with Gasteiger partial charge in [0.05, 0.1) is 0 Å². The van der Waals surface area contributed by atoms with Gasteiger partial charge >= 0.3 is 6.09 Å². The highest BCUT2D eigenvalue weighted by molar-refractivity contribution is 9.11. The highest BCUT2D eigenvalue weighted by Gasteiger charge is 2.36. The van der Waals surface area contributed by atoms with Crippen LogP contribution in [-0.2, 0) is 0 Å². The van der Waals surface area contributed by atoms with Crippen molar-refractivity contribution in [3.05, 3.63) is 22.1 Å². The number of hydrogen-bond donors (Lipinski definition) is 3. The number of aliphatic hydroxyl groups is 1. The molecule has 1 atom stereocenters. The Kier molecular flexibility index (Phi) is 3.99. The first-order chi connectivity index (χ1) is 7.64. The number of allylic oxidation sites excluding steroid dienone is 1. The SMILES string of the molecule is CC(C)(C)N1C(NC(=O)O)=C(O)C=C(Br)C1Cl. The number of nitrogens with one attached hydrogen (secondary N) is 1. The average molecular weight is 326 g/mol. The van der Waals surface area contributed by atoms with E-state index in [0.29, 0.717) is 4.48 Å². The quantitative estimate of drug-likeness (QED) is 0.512. The number of hydrogen-bond acceptors (Lipinski definition) is 3. The molecular formula is C10H14BrClN2O3. The van der Waals surface area contributed by atoms with Crippen molar-refractivity contribution in [2.75, 3.05) is 0 Å². The molecule has 0 aromatic carbocycles. The standard InChI is InChI=1S/C10H14BrClN2O3/c1-10(2,3)14-7(12)5(11)4-6(15)8(14)13-9(16)17/h4,7,13,15H,1-3H3,(H,16,17). The molecule has 0 bridgehead atoms. The molecule has 7 heteroatoms. The van der Waals surface area contributed by atoms with Gasteiger partial charge in [0.15, 0.2) is 11.6 Å². The zero-order valence-corrected chi connectivity index (χ0v) is 12.0. The molecule has 0 fully saturated rings. The van der Waals surface area contributed by atoms with Crippen molar-refractivity contribution in [2.45, 2.75) is 31.8 Å². The lowest BCUT2D eigenvalue weighted by atomic mass is 10.0. The molecule has 5 nitrogen and oxygen atoms in total. The molecule has 1 amide bonds. The topological polar surface area (TPSA) is 72.8 Å². The van der Waals surface area contributed by atoms with E-state index in [2.05, 4.69) is 21.2 Å². The fraction of sp³-hybridized carbons (Fsp3) is 0.500. The number of aliphatic hydroxyl groups excluding tert-OH is 1. The predicted molar refractivity (Wildman–Crippen MR) is 69.1 cm³/mol. The third-order valence-electron chi connectivity index (χ3n) is 2.16. The summed E-state index contributed by atoms with van der Waals surface area (Å²) in [5.41, 5.74) is -1.03. The second-order valence-electron chi connectivity index (χ2n) is 4.57. The molecule has 3 N–H and O–H groups in total. The maximum absolute atomic E-state index is 10.7. The number of amides is 1. The van der Waals surface area contributed by atoms with E-state index in [4.69, 9.17) is 16.7 Å². The Morgan fingerprint density at radius 2 is 2.12 bits per heavy atom. The molecule has 0 aromatic rings. The van der Waals surface area contributed by atoms with Gasteiger partial charge < -0.3 is 15.1 Å². The number of carbonyl (C=O) groups is 1. The number of alkyl halides is 1. The third-order valence-corrected chi connectivity index (χ3v) is 3.52. The van der Waals surface area contributed by atoms with E-state index >= 15 is 0 Å². The summed E-state index contributed by atoms with van der Waals surface area (Å²) >= 11 is 9.43. The Bertz CT molecular complexity index is 401. The Labute approximate surface area is 113 Å². The van der Waals surface area contributed by atoms with Crippen molar-refractivity contribution >= 4 is 33.6 Å². The van der Waals surface area contributed by atoms with Crippen molar-refractivity contribution < 1.29 is 15.0 Å². The van der Waals surface area contributed by atoms with Crippen LogP contribution in [0.25, 0.3) is 0 Å². The predicted octanol–water partition coefficient (Wildman–Crippen LogP) is 2.94. The normalized spacial score (nSPS) is 21.4. The summed E-state index contributed by atoms with van der Waals surface area (Å²) < 4.78 is 0.572. The van der Waals surface area contributed by atoms with Gasteiger partial charge in [0, 0.05) is 10.0 Å². The molecule has 0 aliphatic carbocycles. The molecule has 0 radical (unpaired) electrons. The zero-order chi connectivity index (χ0) is 13.4. The minimum atomic E-state index is -1.25. The smallest absolute Gasteiger partial charge is 0.410 e. The van der Waals surface area contributed by atoms with Crippen molar-refractivity contribution in [1.82, 2.24) is 10.2 Å². The molecule has 1 rings (SSSR count). The molecule has 1 heterocycles. The van der Waals surface area contributed by atoms with Gasteiger partial charge in [-0.15, -0.1) is 0 Å². The minimum absolute atomic E-state index is 0.0770.